The molecule has 0 spiro atoms. The molecular formula is C9H12BrNO2S. The van der Waals surface area contributed by atoms with Crippen molar-refractivity contribution in [3.05, 3.63) is 28.2 Å². The van der Waals surface area contributed by atoms with E-state index in [0.717, 1.165) is 10.0 Å². The number of hydrogen-bond acceptors (Lipinski definition) is 2. The van der Waals surface area contributed by atoms with E-state index < -0.39 is 10.0 Å². The Morgan fingerprint density at radius 2 is 1.79 bits per heavy atom. The molecule has 0 aromatic heterocycles. The number of halogens is 1. The van der Waals surface area contributed by atoms with Crippen LogP contribution in [-0.4, -0.2) is 26.8 Å². The molecule has 0 unspecified atom stereocenters. The van der Waals surface area contributed by atoms with Crippen LogP contribution in [0.2, 0.25) is 0 Å². The number of sulfonamides is 1. The van der Waals surface area contributed by atoms with E-state index in [0.29, 0.717) is 4.90 Å². The van der Waals surface area contributed by atoms with Crippen molar-refractivity contribution in [3.8, 4) is 0 Å². The summed E-state index contributed by atoms with van der Waals surface area (Å²) in [6.45, 7) is 1.86. The number of hydrogen-bond donors (Lipinski definition) is 0. The van der Waals surface area contributed by atoms with Gasteiger partial charge in [0.15, 0.2) is 0 Å². The summed E-state index contributed by atoms with van der Waals surface area (Å²) in [6.07, 6.45) is 0. The number of benzene rings is 1. The SMILES string of the molecule is Cc1cc(Br)cc(S(=O)(=O)N(C)C)c1. The van der Waals surface area contributed by atoms with Gasteiger partial charge in [0, 0.05) is 18.6 Å². The molecule has 0 radical (unpaired) electrons. The molecule has 78 valence electrons. The molecule has 1 aromatic carbocycles. The van der Waals surface area contributed by atoms with E-state index in [2.05, 4.69) is 15.9 Å². The summed E-state index contributed by atoms with van der Waals surface area (Å²) < 4.78 is 25.5. The lowest BCUT2D eigenvalue weighted by Crippen LogP contribution is -2.22. The van der Waals surface area contributed by atoms with Crippen molar-refractivity contribution in [2.24, 2.45) is 0 Å². The third-order valence-electron chi connectivity index (χ3n) is 1.79. The molecule has 0 atom stereocenters. The third-order valence-corrected chi connectivity index (χ3v) is 4.04. The van der Waals surface area contributed by atoms with Gasteiger partial charge in [0.25, 0.3) is 0 Å². The Balaban J connectivity index is 3.34. The molecule has 0 bridgehead atoms. The highest BCUT2D eigenvalue weighted by molar-refractivity contribution is 9.10. The minimum absolute atomic E-state index is 0.314. The van der Waals surface area contributed by atoms with Crippen molar-refractivity contribution in [3.63, 3.8) is 0 Å². The molecule has 0 saturated carbocycles. The summed E-state index contributed by atoms with van der Waals surface area (Å²) in [4.78, 5) is 0.314. The Bertz CT molecular complexity index is 420. The number of nitrogens with zero attached hydrogens (tertiary/aromatic N) is 1. The molecule has 1 rings (SSSR count). The second-order valence-corrected chi connectivity index (χ2v) is 6.32. The largest absolute Gasteiger partial charge is 0.242 e. The van der Waals surface area contributed by atoms with Gasteiger partial charge in [-0.3, -0.25) is 0 Å². The Labute approximate surface area is 92.9 Å². The van der Waals surface area contributed by atoms with E-state index >= 15 is 0 Å². The molecule has 0 aliphatic rings. The second-order valence-electron chi connectivity index (χ2n) is 3.25. The van der Waals surface area contributed by atoms with E-state index in [4.69, 9.17) is 0 Å². The van der Waals surface area contributed by atoms with Crippen LogP contribution in [0.5, 0.6) is 0 Å². The minimum atomic E-state index is -3.32. The lowest BCUT2D eigenvalue weighted by atomic mass is 10.2. The molecule has 0 saturated heterocycles. The monoisotopic (exact) mass is 277 g/mol. The van der Waals surface area contributed by atoms with E-state index in [-0.39, 0.29) is 0 Å². The second kappa shape index (κ2) is 4.00. The Hall–Kier alpha value is -0.390. The fraction of sp³-hybridized carbons (Fsp3) is 0.333. The minimum Gasteiger partial charge on any atom is -0.207 e. The smallest absolute Gasteiger partial charge is 0.207 e. The summed E-state index contributed by atoms with van der Waals surface area (Å²) >= 11 is 3.27. The Morgan fingerprint density at radius 1 is 1.21 bits per heavy atom. The third kappa shape index (κ3) is 2.34. The first-order chi connectivity index (χ1) is 6.34. The van der Waals surface area contributed by atoms with Gasteiger partial charge in [-0.15, -0.1) is 0 Å². The van der Waals surface area contributed by atoms with Crippen molar-refractivity contribution >= 4 is 26.0 Å². The van der Waals surface area contributed by atoms with Crippen molar-refractivity contribution in [2.45, 2.75) is 11.8 Å². The zero-order chi connectivity index (χ0) is 10.9. The summed E-state index contributed by atoms with van der Waals surface area (Å²) in [7, 11) is -0.280. The molecule has 14 heavy (non-hydrogen) atoms. The molecule has 0 heterocycles. The van der Waals surface area contributed by atoms with Crippen LogP contribution in [0, 0.1) is 6.92 Å². The van der Waals surface area contributed by atoms with Crippen LogP contribution in [0.25, 0.3) is 0 Å². The molecule has 0 aliphatic heterocycles. The molecule has 1 aromatic rings. The molecular weight excluding hydrogens is 266 g/mol. The maximum absolute atomic E-state index is 11.7. The molecule has 0 N–H and O–H groups in total. The van der Waals surface area contributed by atoms with Crippen LogP contribution < -0.4 is 0 Å². The van der Waals surface area contributed by atoms with Crippen LogP contribution in [0.3, 0.4) is 0 Å². The number of aryl methyl sites for hydroxylation is 1. The van der Waals surface area contributed by atoms with Crippen molar-refractivity contribution < 1.29 is 8.42 Å². The highest BCUT2D eigenvalue weighted by atomic mass is 79.9. The van der Waals surface area contributed by atoms with Gasteiger partial charge in [-0.2, -0.15) is 0 Å². The van der Waals surface area contributed by atoms with Crippen LogP contribution in [0.1, 0.15) is 5.56 Å². The fourth-order valence-electron chi connectivity index (χ4n) is 1.06. The first-order valence-electron chi connectivity index (χ1n) is 4.04. The molecule has 0 amide bonds. The summed E-state index contributed by atoms with van der Waals surface area (Å²) in [5.74, 6) is 0. The maximum atomic E-state index is 11.7. The van der Waals surface area contributed by atoms with Crippen LogP contribution >= 0.6 is 15.9 Å². The van der Waals surface area contributed by atoms with Gasteiger partial charge < -0.3 is 0 Å². The molecule has 0 fully saturated rings. The van der Waals surface area contributed by atoms with Gasteiger partial charge in [-0.1, -0.05) is 15.9 Å². The standard InChI is InChI=1S/C9H12BrNO2S/c1-7-4-8(10)6-9(5-7)14(12,13)11(2)3/h4-6H,1-3H3. The van der Waals surface area contributed by atoms with E-state index in [1.54, 1.807) is 12.1 Å². The first kappa shape index (κ1) is 11.7. The van der Waals surface area contributed by atoms with Crippen molar-refractivity contribution in [2.75, 3.05) is 14.1 Å². The van der Waals surface area contributed by atoms with Gasteiger partial charge in [0.05, 0.1) is 4.90 Å². The average molecular weight is 278 g/mol. The van der Waals surface area contributed by atoms with Crippen molar-refractivity contribution in [1.82, 2.24) is 4.31 Å². The average Bonchev–Trinajstić information content (AvgIpc) is 2.01. The van der Waals surface area contributed by atoms with E-state index in [1.165, 1.54) is 18.4 Å². The van der Waals surface area contributed by atoms with Gasteiger partial charge in [0.2, 0.25) is 10.0 Å². The summed E-state index contributed by atoms with van der Waals surface area (Å²) in [6, 6.07) is 5.12. The zero-order valence-electron chi connectivity index (χ0n) is 8.28. The van der Waals surface area contributed by atoms with Crippen LogP contribution in [-0.2, 0) is 10.0 Å². The predicted octanol–water partition coefficient (Wildman–Crippen LogP) is 2.01. The Kier molecular flexibility index (Phi) is 3.34. The topological polar surface area (TPSA) is 37.4 Å². The maximum Gasteiger partial charge on any atom is 0.242 e. The summed E-state index contributed by atoms with van der Waals surface area (Å²) in [5.41, 5.74) is 0.916. The Morgan fingerprint density at radius 3 is 2.21 bits per heavy atom. The quantitative estimate of drug-likeness (QED) is 0.829. The van der Waals surface area contributed by atoms with Crippen molar-refractivity contribution in [1.29, 1.82) is 0 Å². The lowest BCUT2D eigenvalue weighted by Gasteiger charge is -2.12. The molecule has 5 heteroatoms. The molecule has 0 aliphatic carbocycles. The zero-order valence-corrected chi connectivity index (χ0v) is 10.7. The van der Waals surface area contributed by atoms with E-state index in [1.807, 2.05) is 13.0 Å². The van der Waals surface area contributed by atoms with Gasteiger partial charge >= 0.3 is 0 Å². The molecule has 3 nitrogen and oxygen atoms in total. The van der Waals surface area contributed by atoms with E-state index in [9.17, 15) is 8.42 Å². The van der Waals surface area contributed by atoms with Gasteiger partial charge in [-0.05, 0) is 30.7 Å². The predicted molar refractivity (Wildman–Crippen MR) is 59.8 cm³/mol. The van der Waals surface area contributed by atoms with Crippen LogP contribution in [0.15, 0.2) is 27.6 Å². The van der Waals surface area contributed by atoms with Crippen LogP contribution in [0.4, 0.5) is 0 Å². The lowest BCUT2D eigenvalue weighted by molar-refractivity contribution is 0.520. The first-order valence-corrected chi connectivity index (χ1v) is 6.27. The van der Waals surface area contributed by atoms with Gasteiger partial charge in [-0.25, -0.2) is 12.7 Å². The fourth-order valence-corrected chi connectivity index (χ4v) is 2.85. The number of rotatable bonds is 2. The summed E-state index contributed by atoms with van der Waals surface area (Å²) in [5, 5.41) is 0. The highest BCUT2D eigenvalue weighted by Crippen LogP contribution is 2.20. The highest BCUT2D eigenvalue weighted by Gasteiger charge is 2.17. The normalized spacial score (nSPS) is 12.1. The van der Waals surface area contributed by atoms with Gasteiger partial charge in [0.1, 0.15) is 0 Å².